The van der Waals surface area contributed by atoms with Crippen LogP contribution in [0.4, 0.5) is 5.82 Å². The van der Waals surface area contributed by atoms with Gasteiger partial charge in [-0.05, 0) is 28.2 Å². The van der Waals surface area contributed by atoms with E-state index >= 15 is 0 Å². The van der Waals surface area contributed by atoms with Crippen molar-refractivity contribution in [3.8, 4) is 0 Å². The molecule has 0 amide bonds. The molecule has 0 atom stereocenters. The summed E-state index contributed by atoms with van der Waals surface area (Å²) in [5.41, 5.74) is 1.28. The number of piperazine rings is 1. The smallest absolute Gasteiger partial charge is 0.266 e. The molecule has 3 rings (SSSR count). The van der Waals surface area contributed by atoms with Crippen LogP contribution in [-0.2, 0) is 6.54 Å². The van der Waals surface area contributed by atoms with Gasteiger partial charge in [0.15, 0.2) is 0 Å². The molecule has 1 aromatic carbocycles. The SMILES string of the molecule is O=c1[nH]cnc(N2CCN(Cc3ccccc3)CC2)c1I. The lowest BCUT2D eigenvalue weighted by Crippen LogP contribution is -2.46. The summed E-state index contributed by atoms with van der Waals surface area (Å²) in [5.74, 6) is 0.804. The zero-order valence-corrected chi connectivity index (χ0v) is 13.8. The van der Waals surface area contributed by atoms with Crippen LogP contribution in [0.1, 0.15) is 5.56 Å². The van der Waals surface area contributed by atoms with Crippen LogP contribution in [0.5, 0.6) is 0 Å². The number of rotatable bonds is 3. The first-order valence-electron chi connectivity index (χ1n) is 6.98. The van der Waals surface area contributed by atoms with Gasteiger partial charge in [-0.15, -0.1) is 0 Å². The number of anilines is 1. The molecule has 1 saturated heterocycles. The molecular weight excluding hydrogens is 379 g/mol. The minimum absolute atomic E-state index is 0.0627. The Balaban J connectivity index is 1.63. The molecule has 0 radical (unpaired) electrons. The summed E-state index contributed by atoms with van der Waals surface area (Å²) in [5, 5.41) is 0. The average Bonchev–Trinajstić information content (AvgIpc) is 2.52. The van der Waals surface area contributed by atoms with Gasteiger partial charge in [-0.2, -0.15) is 0 Å². The van der Waals surface area contributed by atoms with Crippen molar-refractivity contribution in [2.45, 2.75) is 6.54 Å². The molecule has 2 heterocycles. The third-order valence-corrected chi connectivity index (χ3v) is 4.67. The summed E-state index contributed by atoms with van der Waals surface area (Å²) >= 11 is 2.07. The van der Waals surface area contributed by atoms with E-state index in [1.165, 1.54) is 11.9 Å². The van der Waals surface area contributed by atoms with Crippen LogP contribution in [0, 0.1) is 3.57 Å². The van der Waals surface area contributed by atoms with Crippen molar-refractivity contribution in [2.24, 2.45) is 0 Å². The van der Waals surface area contributed by atoms with Gasteiger partial charge < -0.3 is 9.88 Å². The predicted molar refractivity (Wildman–Crippen MR) is 91.5 cm³/mol. The highest BCUT2D eigenvalue weighted by atomic mass is 127. The number of H-pyrrole nitrogens is 1. The molecule has 0 unspecified atom stereocenters. The fourth-order valence-electron chi connectivity index (χ4n) is 2.55. The number of halogens is 1. The molecule has 0 saturated carbocycles. The Morgan fingerprint density at radius 3 is 2.57 bits per heavy atom. The van der Waals surface area contributed by atoms with Crippen LogP contribution in [-0.4, -0.2) is 41.0 Å². The number of nitrogens with one attached hydrogen (secondary N) is 1. The quantitative estimate of drug-likeness (QED) is 0.803. The van der Waals surface area contributed by atoms with E-state index in [4.69, 9.17) is 0 Å². The lowest BCUT2D eigenvalue weighted by atomic mass is 10.2. The summed E-state index contributed by atoms with van der Waals surface area (Å²) in [6.07, 6.45) is 1.48. The van der Waals surface area contributed by atoms with Gasteiger partial charge in [-0.25, -0.2) is 4.98 Å². The van der Waals surface area contributed by atoms with Crippen LogP contribution in [0.25, 0.3) is 0 Å². The Kier molecular flexibility index (Phi) is 4.54. The predicted octanol–water partition coefficient (Wildman–Crippen LogP) is 1.70. The molecule has 1 fully saturated rings. The molecule has 0 aliphatic carbocycles. The summed E-state index contributed by atoms with van der Waals surface area (Å²) in [7, 11) is 0. The van der Waals surface area contributed by atoms with E-state index in [-0.39, 0.29) is 5.56 Å². The normalized spacial score (nSPS) is 16.1. The van der Waals surface area contributed by atoms with Gasteiger partial charge in [0.05, 0.1) is 6.33 Å². The lowest BCUT2D eigenvalue weighted by molar-refractivity contribution is 0.249. The van der Waals surface area contributed by atoms with E-state index in [0.717, 1.165) is 38.5 Å². The Bertz CT molecular complexity index is 650. The monoisotopic (exact) mass is 396 g/mol. The first-order valence-corrected chi connectivity index (χ1v) is 8.06. The Labute approximate surface area is 137 Å². The van der Waals surface area contributed by atoms with Crippen LogP contribution < -0.4 is 10.5 Å². The van der Waals surface area contributed by atoms with Gasteiger partial charge in [0, 0.05) is 32.7 Å². The van der Waals surface area contributed by atoms with Crippen molar-refractivity contribution in [1.82, 2.24) is 14.9 Å². The van der Waals surface area contributed by atoms with Crippen molar-refractivity contribution in [3.05, 3.63) is 56.1 Å². The van der Waals surface area contributed by atoms with Crippen molar-refractivity contribution in [1.29, 1.82) is 0 Å². The van der Waals surface area contributed by atoms with E-state index in [9.17, 15) is 4.79 Å². The van der Waals surface area contributed by atoms with E-state index in [1.54, 1.807) is 0 Å². The molecule has 5 nitrogen and oxygen atoms in total. The number of nitrogens with zero attached hydrogens (tertiary/aromatic N) is 3. The molecule has 1 aromatic heterocycles. The molecule has 21 heavy (non-hydrogen) atoms. The number of hydrogen-bond donors (Lipinski definition) is 1. The summed E-state index contributed by atoms with van der Waals surface area (Å²) in [4.78, 5) is 23.2. The molecule has 1 aliphatic heterocycles. The molecule has 2 aromatic rings. The minimum Gasteiger partial charge on any atom is -0.353 e. The lowest BCUT2D eigenvalue weighted by Gasteiger charge is -2.35. The zero-order chi connectivity index (χ0) is 14.7. The van der Waals surface area contributed by atoms with Crippen molar-refractivity contribution in [2.75, 3.05) is 31.1 Å². The third-order valence-electron chi connectivity index (χ3n) is 3.70. The van der Waals surface area contributed by atoms with Gasteiger partial charge in [0.25, 0.3) is 5.56 Å². The first kappa shape index (κ1) is 14.5. The van der Waals surface area contributed by atoms with E-state index in [1.807, 2.05) is 6.07 Å². The summed E-state index contributed by atoms with van der Waals surface area (Å²) in [6, 6.07) is 10.5. The molecule has 0 bridgehead atoms. The largest absolute Gasteiger partial charge is 0.353 e. The molecule has 1 aliphatic rings. The van der Waals surface area contributed by atoms with Crippen LogP contribution in [0.3, 0.4) is 0 Å². The molecule has 0 spiro atoms. The second-order valence-electron chi connectivity index (χ2n) is 5.12. The topological polar surface area (TPSA) is 52.2 Å². The maximum absolute atomic E-state index is 11.6. The fourth-order valence-corrected chi connectivity index (χ4v) is 3.19. The second kappa shape index (κ2) is 6.57. The van der Waals surface area contributed by atoms with Crippen LogP contribution in [0.15, 0.2) is 41.5 Å². The van der Waals surface area contributed by atoms with Gasteiger partial charge in [0.2, 0.25) is 0 Å². The van der Waals surface area contributed by atoms with Gasteiger partial charge in [-0.1, -0.05) is 30.3 Å². The fraction of sp³-hybridized carbons (Fsp3) is 0.333. The standard InChI is InChI=1S/C15H17IN4O/c16-13-14(17-11-18-15(13)21)20-8-6-19(7-9-20)10-12-4-2-1-3-5-12/h1-5,11H,6-10H2,(H,17,18,21). The van der Waals surface area contributed by atoms with E-state index < -0.39 is 0 Å². The van der Waals surface area contributed by atoms with Crippen molar-refractivity contribution >= 4 is 28.4 Å². The van der Waals surface area contributed by atoms with Crippen molar-refractivity contribution in [3.63, 3.8) is 0 Å². The Morgan fingerprint density at radius 1 is 1.14 bits per heavy atom. The second-order valence-corrected chi connectivity index (χ2v) is 6.20. The molecule has 6 heteroatoms. The third kappa shape index (κ3) is 3.44. The minimum atomic E-state index is -0.0627. The van der Waals surface area contributed by atoms with Gasteiger partial charge in [0.1, 0.15) is 9.39 Å². The molecular formula is C15H17IN4O. The molecule has 110 valence electrons. The average molecular weight is 396 g/mol. The zero-order valence-electron chi connectivity index (χ0n) is 11.6. The number of hydrogen-bond acceptors (Lipinski definition) is 4. The highest BCUT2D eigenvalue weighted by Gasteiger charge is 2.20. The van der Waals surface area contributed by atoms with E-state index in [0.29, 0.717) is 3.57 Å². The van der Waals surface area contributed by atoms with E-state index in [2.05, 4.69) is 66.6 Å². The van der Waals surface area contributed by atoms with Crippen molar-refractivity contribution < 1.29 is 0 Å². The summed E-state index contributed by atoms with van der Waals surface area (Å²) in [6.45, 7) is 4.76. The van der Waals surface area contributed by atoms with Crippen LogP contribution >= 0.6 is 22.6 Å². The maximum Gasteiger partial charge on any atom is 0.266 e. The van der Waals surface area contributed by atoms with Crippen LogP contribution in [0.2, 0.25) is 0 Å². The number of aromatic nitrogens is 2. The van der Waals surface area contributed by atoms with Gasteiger partial charge >= 0.3 is 0 Å². The Morgan fingerprint density at radius 2 is 1.86 bits per heavy atom. The number of benzene rings is 1. The highest BCUT2D eigenvalue weighted by molar-refractivity contribution is 14.1. The molecule has 1 N–H and O–H groups in total. The highest BCUT2D eigenvalue weighted by Crippen LogP contribution is 2.18. The van der Waals surface area contributed by atoms with Gasteiger partial charge in [-0.3, -0.25) is 9.69 Å². The summed E-state index contributed by atoms with van der Waals surface area (Å²) < 4.78 is 0.673. The maximum atomic E-state index is 11.6. The Hall–Kier alpha value is -1.41. The number of aromatic amines is 1. The first-order chi connectivity index (χ1) is 10.2.